The molecular weight excluding hydrogens is 686 g/mol. The van der Waals surface area contributed by atoms with Gasteiger partial charge in [0.25, 0.3) is 0 Å². The Morgan fingerprint density at radius 2 is 1.40 bits per heavy atom. The van der Waals surface area contributed by atoms with Gasteiger partial charge < -0.3 is 10.1 Å². The third kappa shape index (κ3) is 17.5. The number of azide groups is 1. The summed E-state index contributed by atoms with van der Waals surface area (Å²) < 4.78 is 105. The molecule has 0 fully saturated rings. The molecule has 1 N–H and O–H groups in total. The number of rotatable bonds is 8. The number of carbonyl (C=O) groups excluding carboxylic acids is 3. The van der Waals surface area contributed by atoms with Crippen LogP contribution in [0.4, 0.5) is 40.8 Å². The molecule has 0 bridgehead atoms. The van der Waals surface area contributed by atoms with Gasteiger partial charge in [-0.15, -0.1) is 5.10 Å². The number of Topliss-reactive ketones (excluding diaryl/α,β-unsaturated/α-hetero) is 2. The van der Waals surface area contributed by atoms with E-state index in [0.717, 1.165) is 36.0 Å². The first kappa shape index (κ1) is 49.5. The summed E-state index contributed by atoms with van der Waals surface area (Å²) in [5.74, 6) is -3.25. The molecule has 19 heteroatoms. The van der Waals surface area contributed by atoms with Gasteiger partial charge in [0.1, 0.15) is 29.5 Å². The van der Waals surface area contributed by atoms with Crippen LogP contribution in [0.3, 0.4) is 0 Å². The molecule has 0 amide bonds. The number of nitrogens with zero attached hydrogens (tertiary/aromatic N) is 6. The predicted octanol–water partition coefficient (Wildman–Crippen LogP) is 9.14. The van der Waals surface area contributed by atoms with Crippen molar-refractivity contribution < 1.29 is 54.2 Å². The van der Waals surface area contributed by atoms with E-state index in [2.05, 4.69) is 44.2 Å². The van der Waals surface area contributed by atoms with Crippen LogP contribution in [0.1, 0.15) is 83.2 Å². The highest BCUT2D eigenvalue weighted by Crippen LogP contribution is 2.32. The Morgan fingerprint density at radius 3 is 1.74 bits per heavy atom. The van der Waals surface area contributed by atoms with Crippen LogP contribution in [0.15, 0.2) is 41.5 Å². The first-order valence-electron chi connectivity index (χ1n) is 13.8. The van der Waals surface area contributed by atoms with E-state index in [9.17, 15) is 49.5 Å². The van der Waals surface area contributed by atoms with Crippen LogP contribution in [0.2, 0.25) is 0 Å². The number of hydrogen-bond donors (Lipinski definition) is 1. The van der Waals surface area contributed by atoms with Crippen molar-refractivity contribution >= 4 is 23.2 Å². The van der Waals surface area contributed by atoms with Crippen LogP contribution in [0.25, 0.3) is 16.1 Å². The Labute approximate surface area is 284 Å². The van der Waals surface area contributed by atoms with Crippen LogP contribution in [0, 0.1) is 18.6 Å². The Bertz CT molecular complexity index is 1570. The summed E-state index contributed by atoms with van der Waals surface area (Å²) in [5, 5.41) is 13.1. The zero-order chi connectivity index (χ0) is 37.2. The van der Waals surface area contributed by atoms with Crippen molar-refractivity contribution in [3.8, 4) is 5.69 Å². The number of esters is 1. The minimum absolute atomic E-state index is 0. The zero-order valence-electron chi connectivity index (χ0n) is 26.6. The number of nitrogens with one attached hydrogen (secondary N) is 1. The number of hydrogen-bond acceptors (Lipinski definition) is 8. The molecule has 11 nitrogen and oxygen atoms in total. The molecule has 0 spiro atoms. The molecule has 0 aliphatic carbocycles. The molecule has 50 heavy (non-hydrogen) atoms. The van der Waals surface area contributed by atoms with Crippen LogP contribution < -0.4 is 5.32 Å². The van der Waals surface area contributed by atoms with Crippen molar-refractivity contribution in [2.24, 2.45) is 5.11 Å². The van der Waals surface area contributed by atoms with E-state index < -0.39 is 46.8 Å². The van der Waals surface area contributed by atoms with Gasteiger partial charge in [-0.25, -0.2) is 13.5 Å². The van der Waals surface area contributed by atoms with Crippen molar-refractivity contribution in [3.63, 3.8) is 0 Å². The van der Waals surface area contributed by atoms with Gasteiger partial charge in [0.05, 0.1) is 29.1 Å². The molecule has 0 saturated carbocycles. The fraction of sp³-hybridized carbons (Fsp3) is 0.452. The lowest BCUT2D eigenvalue weighted by Crippen LogP contribution is -2.09. The summed E-state index contributed by atoms with van der Waals surface area (Å²) in [6, 6.07) is 3.77. The van der Waals surface area contributed by atoms with Gasteiger partial charge >= 0.3 is 18.3 Å². The molecule has 0 atom stereocenters. The summed E-state index contributed by atoms with van der Waals surface area (Å²) in [6.07, 6.45) is -9.33. The molecule has 0 aliphatic rings. The monoisotopic (exact) mass is 727 g/mol. The number of alkyl halides is 6. The van der Waals surface area contributed by atoms with E-state index in [1.54, 1.807) is 6.92 Å². The van der Waals surface area contributed by atoms with E-state index in [0.29, 0.717) is 18.7 Å². The maximum atomic E-state index is 13.8. The normalized spacial score (nSPS) is 10.1. The van der Waals surface area contributed by atoms with Crippen LogP contribution in [-0.4, -0.2) is 52.2 Å². The molecule has 1 aromatic heterocycles. The molecule has 1 heterocycles. The van der Waals surface area contributed by atoms with E-state index in [4.69, 9.17) is 5.53 Å². The summed E-state index contributed by atoms with van der Waals surface area (Å²) in [4.78, 5) is 34.1. The average molecular weight is 728 g/mol. The molecule has 0 aliphatic heterocycles. The summed E-state index contributed by atoms with van der Waals surface area (Å²) in [7, 11) is 0. The maximum absolute atomic E-state index is 13.8. The van der Waals surface area contributed by atoms with E-state index in [1.807, 2.05) is 0 Å². The quantitative estimate of drug-likeness (QED) is 0.0462. The molecule has 3 rings (SSSR count). The van der Waals surface area contributed by atoms with Crippen molar-refractivity contribution in [1.29, 1.82) is 0 Å². The van der Waals surface area contributed by atoms with Gasteiger partial charge in [-0.2, -0.15) is 26.3 Å². The first-order chi connectivity index (χ1) is 22.2. The number of ether oxygens (including phenoxy) is 1. The van der Waals surface area contributed by atoms with Crippen molar-refractivity contribution in [1.82, 2.24) is 20.3 Å². The van der Waals surface area contributed by atoms with Crippen molar-refractivity contribution in [2.75, 3.05) is 19.7 Å². The Morgan fingerprint density at radius 1 is 0.900 bits per heavy atom. The zero-order valence-corrected chi connectivity index (χ0v) is 26.6. The highest BCUT2D eigenvalue weighted by molar-refractivity contribution is 5.94. The van der Waals surface area contributed by atoms with Gasteiger partial charge in [0.2, 0.25) is 0 Å². The number of halogens is 8. The van der Waals surface area contributed by atoms with Gasteiger partial charge in [0.15, 0.2) is 11.5 Å². The second-order valence-corrected chi connectivity index (χ2v) is 9.15. The lowest BCUT2D eigenvalue weighted by molar-refractivity contribution is -0.145. The number of carbonyl (C=O) groups is 3. The fourth-order valence-electron chi connectivity index (χ4n) is 3.22. The third-order valence-corrected chi connectivity index (χ3v) is 5.36. The Hall–Kier alpha value is -4.90. The minimum Gasteiger partial charge on any atom is -0.466 e. The van der Waals surface area contributed by atoms with Gasteiger partial charge in [0, 0.05) is 11.8 Å². The maximum Gasteiger partial charge on any atom is 0.416 e. The van der Waals surface area contributed by atoms with Crippen molar-refractivity contribution in [3.05, 3.63) is 81.0 Å². The molecule has 2 aromatic carbocycles. The molecule has 0 saturated heterocycles. The second kappa shape index (κ2) is 23.5. The minimum atomic E-state index is -4.62. The van der Waals surface area contributed by atoms with Crippen LogP contribution in [0.5, 0.6) is 0 Å². The predicted molar refractivity (Wildman–Crippen MR) is 171 cm³/mol. The van der Waals surface area contributed by atoms with Crippen molar-refractivity contribution in [2.45, 2.75) is 75.2 Å². The lowest BCUT2D eigenvalue weighted by atomic mass is 10.2. The highest BCUT2D eigenvalue weighted by atomic mass is 19.4. The average Bonchev–Trinajstić information content (AvgIpc) is 3.35. The standard InChI is InChI=1S/C12H9F4N3O.C7H3F4N3.C6H10O3.C4H11N.2CH4/c1-6-11(7(2)20)17-18-19(6)10-4-3-8(5-9(10)13)12(14,15)16;8-5-3-4(7(9,10)11)1-2-6(5)13-14-12;1-3-9-6(8)4-5(2)7;1-3-5-4-2;;/h3-5H,1-2H3;1-3H;3-4H2,1-2H3;5H,3-4H2,1-2H3;2*1H4. The van der Waals surface area contributed by atoms with E-state index in [1.165, 1.54) is 20.8 Å². The fourth-order valence-corrected chi connectivity index (χ4v) is 3.22. The highest BCUT2D eigenvalue weighted by Gasteiger charge is 2.32. The van der Waals surface area contributed by atoms with Crippen LogP contribution >= 0.6 is 0 Å². The van der Waals surface area contributed by atoms with E-state index >= 15 is 0 Å². The number of benzene rings is 2. The second-order valence-electron chi connectivity index (χ2n) is 9.15. The van der Waals surface area contributed by atoms with Gasteiger partial charge in [-0.1, -0.05) is 39.0 Å². The molecule has 0 unspecified atom stereocenters. The van der Waals surface area contributed by atoms with Gasteiger partial charge in [-0.3, -0.25) is 14.4 Å². The topological polar surface area (TPSA) is 152 Å². The smallest absolute Gasteiger partial charge is 0.416 e. The van der Waals surface area contributed by atoms with E-state index in [-0.39, 0.29) is 56.0 Å². The summed E-state index contributed by atoms with van der Waals surface area (Å²) >= 11 is 0. The Kier molecular flexibility index (Phi) is 23.2. The SMILES string of the molecule is C.C.CC(=O)c1nnn(-c2ccc(C(F)(F)F)cc2F)c1C.CCNCC.CCOC(=O)CC(C)=O.[N-]=[N+]=Nc1ccc(C(F)(F)F)cc1F. The Balaban J connectivity index is -0.000000645. The molecule has 280 valence electrons. The first-order valence-corrected chi connectivity index (χ1v) is 13.8. The molecular formula is C31H41F8N7O4. The molecule has 3 aromatic rings. The number of aromatic nitrogens is 3. The third-order valence-electron chi connectivity index (χ3n) is 5.36. The largest absolute Gasteiger partial charge is 0.466 e. The molecule has 0 radical (unpaired) electrons. The van der Waals surface area contributed by atoms with Gasteiger partial charge in [-0.05, 0) is 75.8 Å². The summed E-state index contributed by atoms with van der Waals surface area (Å²) in [5.41, 5.74) is 5.38. The van der Waals surface area contributed by atoms with Crippen LogP contribution in [-0.2, 0) is 26.7 Å². The summed E-state index contributed by atoms with van der Waals surface area (Å²) in [6.45, 7) is 12.5. The lowest BCUT2D eigenvalue weighted by Gasteiger charge is -2.09. The number of ketones is 2.